The number of rotatable bonds is 4. The topological polar surface area (TPSA) is 62.1 Å². The van der Waals surface area contributed by atoms with Gasteiger partial charge in [-0.25, -0.2) is 0 Å². The van der Waals surface area contributed by atoms with E-state index in [4.69, 9.17) is 10.00 Å². The number of para-hydroxylation sites is 1. The first kappa shape index (κ1) is 13.4. The molecule has 1 amide bonds. The molecule has 0 heterocycles. The average Bonchev–Trinajstić information content (AvgIpc) is 2.82. The quantitative estimate of drug-likeness (QED) is 0.901. The number of nitrogens with zero attached hydrogens (tertiary/aromatic N) is 1. The number of hydrogen-bond acceptors (Lipinski definition) is 3. The van der Waals surface area contributed by atoms with Gasteiger partial charge < -0.3 is 10.1 Å². The van der Waals surface area contributed by atoms with Gasteiger partial charge in [-0.15, -0.1) is 0 Å². The molecule has 1 aliphatic carbocycles. The van der Waals surface area contributed by atoms with Gasteiger partial charge in [0.05, 0.1) is 5.56 Å². The zero-order valence-electron chi connectivity index (χ0n) is 11.1. The van der Waals surface area contributed by atoms with Crippen molar-refractivity contribution in [3.05, 3.63) is 29.8 Å². The number of amides is 1. The van der Waals surface area contributed by atoms with Crippen LogP contribution in [0.15, 0.2) is 24.3 Å². The van der Waals surface area contributed by atoms with Crippen molar-refractivity contribution in [2.45, 2.75) is 32.2 Å². The molecule has 1 aromatic carbocycles. The van der Waals surface area contributed by atoms with Crippen molar-refractivity contribution in [1.29, 1.82) is 5.26 Å². The first-order valence-corrected chi connectivity index (χ1v) is 6.60. The fourth-order valence-corrected chi connectivity index (χ4v) is 2.44. The molecule has 1 aromatic rings. The van der Waals surface area contributed by atoms with E-state index in [1.54, 1.807) is 24.3 Å². The van der Waals surface area contributed by atoms with Crippen molar-refractivity contribution in [2.24, 2.45) is 5.92 Å². The summed E-state index contributed by atoms with van der Waals surface area (Å²) in [6.45, 7) is 2.16. The molecule has 1 aliphatic rings. The molecule has 100 valence electrons. The van der Waals surface area contributed by atoms with E-state index in [0.29, 0.717) is 17.2 Å². The lowest BCUT2D eigenvalue weighted by atomic mass is 10.1. The van der Waals surface area contributed by atoms with E-state index >= 15 is 0 Å². The second-order valence-corrected chi connectivity index (χ2v) is 5.08. The average molecular weight is 258 g/mol. The fourth-order valence-electron chi connectivity index (χ4n) is 2.44. The summed E-state index contributed by atoms with van der Waals surface area (Å²) in [6.07, 6.45) is 3.26. The van der Waals surface area contributed by atoms with E-state index in [1.807, 2.05) is 6.07 Å². The lowest BCUT2D eigenvalue weighted by molar-refractivity contribution is -0.123. The molecule has 19 heavy (non-hydrogen) atoms. The van der Waals surface area contributed by atoms with Gasteiger partial charge in [-0.3, -0.25) is 4.79 Å². The summed E-state index contributed by atoms with van der Waals surface area (Å²) in [5.41, 5.74) is 0.449. The minimum Gasteiger partial charge on any atom is -0.482 e. The molecular weight excluding hydrogens is 240 g/mol. The monoisotopic (exact) mass is 258 g/mol. The predicted octanol–water partition coefficient (Wildman–Crippen LogP) is 2.24. The first-order chi connectivity index (χ1) is 9.19. The fraction of sp³-hybridized carbons (Fsp3) is 0.467. The van der Waals surface area contributed by atoms with Gasteiger partial charge in [0, 0.05) is 6.04 Å². The molecule has 0 saturated heterocycles. The molecule has 4 nitrogen and oxygen atoms in total. The smallest absolute Gasteiger partial charge is 0.258 e. The number of nitrogens with one attached hydrogen (secondary N) is 1. The SMILES string of the molecule is CC1CCC(NC(=O)COc2ccccc2C#N)C1. The highest BCUT2D eigenvalue weighted by molar-refractivity contribution is 5.78. The zero-order valence-corrected chi connectivity index (χ0v) is 11.1. The summed E-state index contributed by atoms with van der Waals surface area (Å²) in [4.78, 5) is 11.8. The van der Waals surface area contributed by atoms with Crippen LogP contribution in [0.25, 0.3) is 0 Å². The highest BCUT2D eigenvalue weighted by atomic mass is 16.5. The molecule has 0 aliphatic heterocycles. The van der Waals surface area contributed by atoms with Crippen molar-refractivity contribution in [3.63, 3.8) is 0 Å². The summed E-state index contributed by atoms with van der Waals surface area (Å²) >= 11 is 0. The zero-order chi connectivity index (χ0) is 13.7. The summed E-state index contributed by atoms with van der Waals surface area (Å²) in [5.74, 6) is 1.03. The number of hydrogen-bond donors (Lipinski definition) is 1. The Morgan fingerprint density at radius 2 is 2.26 bits per heavy atom. The van der Waals surface area contributed by atoms with Crippen LogP contribution in [0.5, 0.6) is 5.75 Å². The van der Waals surface area contributed by atoms with Gasteiger partial charge in [0.1, 0.15) is 11.8 Å². The Labute approximate surface area is 113 Å². The number of ether oxygens (including phenoxy) is 1. The van der Waals surface area contributed by atoms with E-state index in [2.05, 4.69) is 12.2 Å². The van der Waals surface area contributed by atoms with Crippen LogP contribution in [0.3, 0.4) is 0 Å². The molecule has 0 radical (unpaired) electrons. The van der Waals surface area contributed by atoms with Crippen LogP contribution >= 0.6 is 0 Å². The Morgan fingerprint density at radius 1 is 1.47 bits per heavy atom. The molecule has 1 fully saturated rings. The Morgan fingerprint density at radius 3 is 2.95 bits per heavy atom. The van der Waals surface area contributed by atoms with Gasteiger partial charge in [-0.2, -0.15) is 5.26 Å². The van der Waals surface area contributed by atoms with Crippen LogP contribution in [-0.4, -0.2) is 18.6 Å². The Balaban J connectivity index is 1.82. The minimum atomic E-state index is -0.119. The Bertz CT molecular complexity index is 493. The van der Waals surface area contributed by atoms with Crippen LogP contribution in [0.2, 0.25) is 0 Å². The third kappa shape index (κ3) is 3.72. The number of carbonyl (C=O) groups is 1. The largest absolute Gasteiger partial charge is 0.482 e. The van der Waals surface area contributed by atoms with Crippen LogP contribution in [0, 0.1) is 17.2 Å². The van der Waals surface area contributed by atoms with Gasteiger partial charge in [0.15, 0.2) is 6.61 Å². The molecule has 1 saturated carbocycles. The number of benzene rings is 1. The third-order valence-corrected chi connectivity index (χ3v) is 3.43. The normalized spacial score (nSPS) is 21.7. The second-order valence-electron chi connectivity index (χ2n) is 5.08. The van der Waals surface area contributed by atoms with Crippen LogP contribution in [0.4, 0.5) is 0 Å². The van der Waals surface area contributed by atoms with Gasteiger partial charge in [0.25, 0.3) is 5.91 Å². The van der Waals surface area contributed by atoms with Crippen molar-refractivity contribution in [1.82, 2.24) is 5.32 Å². The molecule has 1 N–H and O–H groups in total. The van der Waals surface area contributed by atoms with E-state index in [-0.39, 0.29) is 18.6 Å². The van der Waals surface area contributed by atoms with E-state index in [1.165, 1.54) is 6.42 Å². The molecule has 0 bridgehead atoms. The molecule has 0 spiro atoms. The highest BCUT2D eigenvalue weighted by Gasteiger charge is 2.22. The van der Waals surface area contributed by atoms with Crippen molar-refractivity contribution < 1.29 is 9.53 Å². The van der Waals surface area contributed by atoms with Gasteiger partial charge in [0.2, 0.25) is 0 Å². The highest BCUT2D eigenvalue weighted by Crippen LogP contribution is 2.24. The summed E-state index contributed by atoms with van der Waals surface area (Å²) in [5, 5.41) is 11.9. The standard InChI is InChI=1S/C15H18N2O2/c1-11-6-7-13(8-11)17-15(18)10-19-14-5-3-2-4-12(14)9-16/h2-5,11,13H,6-8,10H2,1H3,(H,17,18). The Hall–Kier alpha value is -2.02. The minimum absolute atomic E-state index is 0.0381. The molecular formula is C15H18N2O2. The molecule has 4 heteroatoms. The van der Waals surface area contributed by atoms with E-state index < -0.39 is 0 Å². The maximum Gasteiger partial charge on any atom is 0.258 e. The molecule has 2 rings (SSSR count). The van der Waals surface area contributed by atoms with Crippen LogP contribution in [0.1, 0.15) is 31.7 Å². The van der Waals surface area contributed by atoms with E-state index in [0.717, 1.165) is 12.8 Å². The molecule has 2 atom stereocenters. The van der Waals surface area contributed by atoms with Gasteiger partial charge >= 0.3 is 0 Å². The van der Waals surface area contributed by atoms with Gasteiger partial charge in [-0.1, -0.05) is 19.1 Å². The summed E-state index contributed by atoms with van der Waals surface area (Å²) in [6, 6.07) is 9.24. The summed E-state index contributed by atoms with van der Waals surface area (Å²) < 4.78 is 5.39. The van der Waals surface area contributed by atoms with Gasteiger partial charge in [-0.05, 0) is 37.3 Å². The van der Waals surface area contributed by atoms with Crippen molar-refractivity contribution >= 4 is 5.91 Å². The van der Waals surface area contributed by atoms with Crippen LogP contribution in [-0.2, 0) is 4.79 Å². The maximum absolute atomic E-state index is 11.8. The molecule has 0 aromatic heterocycles. The first-order valence-electron chi connectivity index (χ1n) is 6.60. The molecule has 2 unspecified atom stereocenters. The van der Waals surface area contributed by atoms with Crippen LogP contribution < -0.4 is 10.1 Å². The maximum atomic E-state index is 11.8. The lowest BCUT2D eigenvalue weighted by Gasteiger charge is -2.13. The van der Waals surface area contributed by atoms with Crippen molar-refractivity contribution in [3.8, 4) is 11.8 Å². The third-order valence-electron chi connectivity index (χ3n) is 3.43. The number of nitriles is 1. The van der Waals surface area contributed by atoms with E-state index in [9.17, 15) is 4.79 Å². The Kier molecular flexibility index (Phi) is 4.40. The van der Waals surface area contributed by atoms with Crippen molar-refractivity contribution in [2.75, 3.05) is 6.61 Å². The number of carbonyl (C=O) groups excluding carboxylic acids is 1. The summed E-state index contributed by atoms with van der Waals surface area (Å²) in [7, 11) is 0. The lowest BCUT2D eigenvalue weighted by Crippen LogP contribution is -2.36. The predicted molar refractivity (Wildman–Crippen MR) is 71.6 cm³/mol. The second kappa shape index (κ2) is 6.24.